The maximum Gasteiger partial charge on any atom is 0.144 e. The van der Waals surface area contributed by atoms with Crippen molar-refractivity contribution in [3.05, 3.63) is 29.1 Å². The zero-order valence-corrected chi connectivity index (χ0v) is 11.4. The Hall–Kier alpha value is -1.68. The summed E-state index contributed by atoms with van der Waals surface area (Å²) in [4.78, 5) is 0. The van der Waals surface area contributed by atoms with Gasteiger partial charge in [0, 0.05) is 17.2 Å². The van der Waals surface area contributed by atoms with E-state index in [0.29, 0.717) is 22.2 Å². The highest BCUT2D eigenvalue weighted by Crippen LogP contribution is 2.38. The number of anilines is 1. The number of nitrogen functional groups attached to an aromatic ring is 1. The van der Waals surface area contributed by atoms with Crippen molar-refractivity contribution in [3.63, 3.8) is 0 Å². The van der Waals surface area contributed by atoms with Gasteiger partial charge in [-0.25, -0.2) is 0 Å². The van der Waals surface area contributed by atoms with E-state index in [1.54, 1.807) is 12.3 Å². The molecule has 100 valence electrons. The number of aryl methyl sites for hydroxylation is 1. The maximum absolute atomic E-state index is 6.30. The monoisotopic (exact) mass is 278 g/mol. The van der Waals surface area contributed by atoms with E-state index >= 15 is 0 Å². The molecule has 1 aromatic heterocycles. The molecule has 0 radical (unpaired) electrons. The molecule has 0 atom stereocenters. The minimum atomic E-state index is 0.279. The predicted octanol–water partition coefficient (Wildman–Crippen LogP) is 3.82. The average Bonchev–Trinajstić information content (AvgIpc) is 2.73. The number of ether oxygens (including phenoxy) is 1. The van der Waals surface area contributed by atoms with Crippen LogP contribution < -0.4 is 10.5 Å². The molecule has 2 aromatic rings. The summed E-state index contributed by atoms with van der Waals surface area (Å²) >= 11 is 6.30. The van der Waals surface area contributed by atoms with Gasteiger partial charge in [0.1, 0.15) is 11.5 Å². The van der Waals surface area contributed by atoms with Crippen LogP contribution in [0.15, 0.2) is 22.9 Å². The van der Waals surface area contributed by atoms with Gasteiger partial charge in [-0.1, -0.05) is 16.8 Å². The van der Waals surface area contributed by atoms with Gasteiger partial charge in [0.25, 0.3) is 0 Å². The first-order chi connectivity index (χ1) is 9.15. The Morgan fingerprint density at radius 1 is 1.37 bits per heavy atom. The van der Waals surface area contributed by atoms with E-state index in [4.69, 9.17) is 26.6 Å². The van der Waals surface area contributed by atoms with Crippen LogP contribution in [-0.2, 0) is 0 Å². The molecule has 5 heteroatoms. The van der Waals surface area contributed by atoms with Gasteiger partial charge < -0.3 is 15.0 Å². The third-order valence-corrected chi connectivity index (χ3v) is 3.80. The van der Waals surface area contributed by atoms with Crippen LogP contribution in [0.5, 0.6) is 5.75 Å². The highest BCUT2D eigenvalue weighted by atomic mass is 35.5. The number of halogens is 1. The summed E-state index contributed by atoms with van der Waals surface area (Å²) in [6.07, 6.45) is 5.31. The molecule has 0 amide bonds. The van der Waals surface area contributed by atoms with Gasteiger partial charge in [0.15, 0.2) is 0 Å². The predicted molar refractivity (Wildman–Crippen MR) is 74.4 cm³/mol. The minimum Gasteiger partial charge on any atom is -0.488 e. The molecule has 1 aromatic carbocycles. The molecule has 1 aliphatic rings. The fourth-order valence-electron chi connectivity index (χ4n) is 2.11. The summed E-state index contributed by atoms with van der Waals surface area (Å²) in [6, 6.07) is 3.59. The standard InChI is InChI=1S/C14H15ClN2O2/c1-8-11(7-17-19-8)10-5-13(16)14(6-12(10)15)18-9-3-2-4-9/h5-7,9H,2-4,16H2,1H3. The van der Waals surface area contributed by atoms with E-state index in [1.807, 2.05) is 13.0 Å². The van der Waals surface area contributed by atoms with E-state index in [9.17, 15) is 0 Å². The molecule has 4 nitrogen and oxygen atoms in total. The number of benzene rings is 1. The Balaban J connectivity index is 1.95. The third kappa shape index (κ3) is 2.28. The summed E-state index contributed by atoms with van der Waals surface area (Å²) in [5.41, 5.74) is 8.30. The largest absolute Gasteiger partial charge is 0.488 e. The van der Waals surface area contributed by atoms with Crippen LogP contribution in [0.4, 0.5) is 5.69 Å². The van der Waals surface area contributed by atoms with Crippen molar-refractivity contribution in [2.24, 2.45) is 0 Å². The van der Waals surface area contributed by atoms with Crippen LogP contribution in [0, 0.1) is 6.92 Å². The van der Waals surface area contributed by atoms with Crippen LogP contribution in [0.3, 0.4) is 0 Å². The molecule has 0 aliphatic heterocycles. The van der Waals surface area contributed by atoms with Gasteiger partial charge in [-0.15, -0.1) is 0 Å². The number of rotatable bonds is 3. The lowest BCUT2D eigenvalue weighted by molar-refractivity contribution is 0.121. The second kappa shape index (κ2) is 4.78. The molecule has 0 unspecified atom stereocenters. The minimum absolute atomic E-state index is 0.279. The Morgan fingerprint density at radius 3 is 2.74 bits per heavy atom. The third-order valence-electron chi connectivity index (χ3n) is 3.49. The van der Waals surface area contributed by atoms with Crippen molar-refractivity contribution in [2.45, 2.75) is 32.3 Å². The maximum atomic E-state index is 6.30. The summed E-state index contributed by atoms with van der Waals surface area (Å²) < 4.78 is 10.9. The van der Waals surface area contributed by atoms with E-state index in [1.165, 1.54) is 6.42 Å². The Kier molecular flexibility index (Phi) is 3.11. The van der Waals surface area contributed by atoms with Crippen molar-refractivity contribution in [2.75, 3.05) is 5.73 Å². The van der Waals surface area contributed by atoms with Crippen molar-refractivity contribution in [1.29, 1.82) is 0 Å². The molecule has 1 aliphatic carbocycles. The van der Waals surface area contributed by atoms with Crippen molar-refractivity contribution >= 4 is 17.3 Å². The normalized spacial score (nSPS) is 15.3. The van der Waals surface area contributed by atoms with Gasteiger partial charge in [-0.05, 0) is 32.3 Å². The highest BCUT2D eigenvalue weighted by Gasteiger charge is 2.21. The molecular weight excluding hydrogens is 264 g/mol. The summed E-state index contributed by atoms with van der Waals surface area (Å²) in [6.45, 7) is 1.84. The topological polar surface area (TPSA) is 61.3 Å². The lowest BCUT2D eigenvalue weighted by atomic mass is 9.96. The molecule has 3 rings (SSSR count). The van der Waals surface area contributed by atoms with E-state index in [2.05, 4.69) is 5.16 Å². The highest BCUT2D eigenvalue weighted by molar-refractivity contribution is 6.33. The van der Waals surface area contributed by atoms with E-state index < -0.39 is 0 Å². The lowest BCUT2D eigenvalue weighted by Gasteiger charge is -2.27. The van der Waals surface area contributed by atoms with Gasteiger partial charge in [-0.3, -0.25) is 0 Å². The van der Waals surface area contributed by atoms with Gasteiger partial charge in [0.2, 0.25) is 0 Å². The van der Waals surface area contributed by atoms with Crippen LogP contribution in [-0.4, -0.2) is 11.3 Å². The Morgan fingerprint density at radius 2 is 2.16 bits per heavy atom. The zero-order chi connectivity index (χ0) is 13.4. The molecule has 19 heavy (non-hydrogen) atoms. The van der Waals surface area contributed by atoms with Gasteiger partial charge in [-0.2, -0.15) is 0 Å². The smallest absolute Gasteiger partial charge is 0.144 e. The van der Waals surface area contributed by atoms with E-state index in [-0.39, 0.29) is 6.10 Å². The molecular formula is C14H15ClN2O2. The van der Waals surface area contributed by atoms with Gasteiger partial charge >= 0.3 is 0 Å². The number of nitrogens with zero attached hydrogens (tertiary/aromatic N) is 1. The van der Waals surface area contributed by atoms with Crippen LogP contribution >= 0.6 is 11.6 Å². The van der Waals surface area contributed by atoms with Gasteiger partial charge in [0.05, 0.1) is 23.0 Å². The van der Waals surface area contributed by atoms with Crippen LogP contribution in [0.1, 0.15) is 25.0 Å². The summed E-state index contributed by atoms with van der Waals surface area (Å²) in [5, 5.41) is 4.35. The number of aromatic nitrogens is 1. The van der Waals surface area contributed by atoms with Crippen molar-refractivity contribution in [3.8, 4) is 16.9 Å². The molecule has 1 saturated carbocycles. The van der Waals surface area contributed by atoms with Crippen LogP contribution in [0.2, 0.25) is 5.02 Å². The quantitative estimate of drug-likeness (QED) is 0.867. The molecule has 0 saturated heterocycles. The first kappa shape index (κ1) is 12.4. The molecule has 0 spiro atoms. The summed E-state index contributed by atoms with van der Waals surface area (Å²) in [5.74, 6) is 1.38. The number of nitrogens with two attached hydrogens (primary N) is 1. The van der Waals surface area contributed by atoms with Crippen LogP contribution in [0.25, 0.3) is 11.1 Å². The fourth-order valence-corrected chi connectivity index (χ4v) is 2.36. The number of hydrogen-bond donors (Lipinski definition) is 1. The summed E-state index contributed by atoms with van der Waals surface area (Å²) in [7, 11) is 0. The Bertz CT molecular complexity index is 605. The second-order valence-electron chi connectivity index (χ2n) is 4.84. The molecule has 2 N–H and O–H groups in total. The van der Waals surface area contributed by atoms with Crippen molar-refractivity contribution in [1.82, 2.24) is 5.16 Å². The average molecular weight is 279 g/mol. The molecule has 0 bridgehead atoms. The Labute approximate surface area is 116 Å². The molecule has 1 fully saturated rings. The first-order valence-corrected chi connectivity index (χ1v) is 6.70. The SMILES string of the molecule is Cc1oncc1-c1cc(N)c(OC2CCC2)cc1Cl. The van der Waals surface area contributed by atoms with Crippen molar-refractivity contribution < 1.29 is 9.26 Å². The molecule has 1 heterocycles. The number of hydrogen-bond acceptors (Lipinski definition) is 4. The first-order valence-electron chi connectivity index (χ1n) is 6.32. The van der Waals surface area contributed by atoms with E-state index in [0.717, 1.165) is 24.0 Å². The fraction of sp³-hybridized carbons (Fsp3) is 0.357. The second-order valence-corrected chi connectivity index (χ2v) is 5.24. The lowest BCUT2D eigenvalue weighted by Crippen LogP contribution is -2.24. The zero-order valence-electron chi connectivity index (χ0n) is 10.6.